The number of halogens is 1. The van der Waals surface area contributed by atoms with Crippen LogP contribution in [0.25, 0.3) is 0 Å². The molecule has 0 saturated heterocycles. The molecule has 104 valence electrons. The fourth-order valence-electron chi connectivity index (χ4n) is 2.17. The second-order valence-corrected chi connectivity index (χ2v) is 4.64. The molecule has 5 nitrogen and oxygen atoms in total. The Morgan fingerprint density at radius 1 is 1.40 bits per heavy atom. The van der Waals surface area contributed by atoms with Crippen molar-refractivity contribution in [2.45, 2.75) is 19.6 Å². The number of aromatic nitrogens is 2. The van der Waals surface area contributed by atoms with Gasteiger partial charge in [-0.3, -0.25) is 9.89 Å². The van der Waals surface area contributed by atoms with Crippen molar-refractivity contribution in [1.29, 1.82) is 0 Å². The highest BCUT2D eigenvalue weighted by Gasteiger charge is 2.21. The van der Waals surface area contributed by atoms with Crippen LogP contribution in [-0.2, 0) is 24.3 Å². The lowest BCUT2D eigenvalue weighted by atomic mass is 10.1. The Morgan fingerprint density at radius 3 is 3.00 bits per heavy atom. The van der Waals surface area contributed by atoms with Gasteiger partial charge >= 0.3 is 0 Å². The van der Waals surface area contributed by atoms with Crippen LogP contribution in [0.15, 0.2) is 24.3 Å². The van der Waals surface area contributed by atoms with E-state index in [1.165, 1.54) is 12.1 Å². The first-order valence-electron chi connectivity index (χ1n) is 6.40. The zero-order valence-electron chi connectivity index (χ0n) is 10.8. The van der Waals surface area contributed by atoms with Crippen molar-refractivity contribution in [1.82, 2.24) is 15.5 Å². The molecule has 1 aromatic heterocycles. The number of nitrogens with zero attached hydrogens (tertiary/aromatic N) is 1. The van der Waals surface area contributed by atoms with E-state index in [0.29, 0.717) is 25.5 Å². The first kappa shape index (κ1) is 12.8. The first-order valence-corrected chi connectivity index (χ1v) is 6.40. The molecule has 0 spiro atoms. The van der Waals surface area contributed by atoms with Gasteiger partial charge in [-0.2, -0.15) is 5.10 Å². The van der Waals surface area contributed by atoms with Crippen LogP contribution in [0.2, 0.25) is 0 Å². The molecule has 6 heteroatoms. The Labute approximate surface area is 115 Å². The van der Waals surface area contributed by atoms with Crippen molar-refractivity contribution < 1.29 is 13.9 Å². The summed E-state index contributed by atoms with van der Waals surface area (Å²) in [5.74, 6) is -0.545. The highest BCUT2D eigenvalue weighted by atomic mass is 19.1. The van der Waals surface area contributed by atoms with Gasteiger partial charge in [0.1, 0.15) is 5.82 Å². The van der Waals surface area contributed by atoms with Crippen molar-refractivity contribution in [3.63, 3.8) is 0 Å². The number of hydrogen-bond donors (Lipinski definition) is 2. The quantitative estimate of drug-likeness (QED) is 0.893. The van der Waals surface area contributed by atoms with E-state index in [4.69, 9.17) is 4.74 Å². The summed E-state index contributed by atoms with van der Waals surface area (Å²) in [5.41, 5.74) is 3.00. The molecule has 2 heterocycles. The van der Waals surface area contributed by atoms with E-state index in [2.05, 4.69) is 15.5 Å². The smallest absolute Gasteiger partial charge is 0.272 e. The molecule has 20 heavy (non-hydrogen) atoms. The number of ether oxygens (including phenoxy) is 1. The molecule has 2 aromatic rings. The average Bonchev–Trinajstić information content (AvgIpc) is 2.90. The van der Waals surface area contributed by atoms with Crippen molar-refractivity contribution in [3.05, 3.63) is 52.6 Å². The zero-order valence-corrected chi connectivity index (χ0v) is 10.8. The van der Waals surface area contributed by atoms with E-state index in [9.17, 15) is 9.18 Å². The van der Waals surface area contributed by atoms with Crippen LogP contribution in [0.1, 0.15) is 27.3 Å². The molecule has 1 aliphatic rings. The highest BCUT2D eigenvalue weighted by Crippen LogP contribution is 2.18. The van der Waals surface area contributed by atoms with Gasteiger partial charge in [-0.25, -0.2) is 4.39 Å². The van der Waals surface area contributed by atoms with Crippen LogP contribution in [0.3, 0.4) is 0 Å². The van der Waals surface area contributed by atoms with Crippen LogP contribution in [0.4, 0.5) is 4.39 Å². The molecular formula is C14H14FN3O2. The van der Waals surface area contributed by atoms with Gasteiger partial charge in [-0.15, -0.1) is 0 Å². The lowest BCUT2D eigenvalue weighted by molar-refractivity contribution is 0.0922. The van der Waals surface area contributed by atoms with E-state index in [1.54, 1.807) is 12.1 Å². The summed E-state index contributed by atoms with van der Waals surface area (Å²) in [5, 5.41) is 9.69. The second-order valence-electron chi connectivity index (χ2n) is 4.64. The van der Waals surface area contributed by atoms with Crippen molar-refractivity contribution in [2.75, 3.05) is 6.61 Å². The van der Waals surface area contributed by atoms with Crippen LogP contribution in [0, 0.1) is 5.82 Å². The molecule has 0 bridgehead atoms. The summed E-state index contributed by atoms with van der Waals surface area (Å²) in [6.45, 7) is 1.39. The number of aromatic amines is 1. The second kappa shape index (κ2) is 5.42. The zero-order chi connectivity index (χ0) is 13.9. The number of rotatable bonds is 3. The number of carbonyl (C=O) groups is 1. The lowest BCUT2D eigenvalue weighted by Crippen LogP contribution is -2.25. The molecule has 0 atom stereocenters. The normalized spacial score (nSPS) is 13.8. The van der Waals surface area contributed by atoms with Gasteiger partial charge in [0.15, 0.2) is 5.69 Å². The van der Waals surface area contributed by atoms with Crippen LogP contribution >= 0.6 is 0 Å². The molecule has 1 amide bonds. The third-order valence-electron chi connectivity index (χ3n) is 3.28. The summed E-state index contributed by atoms with van der Waals surface area (Å²) in [6, 6.07) is 6.01. The predicted molar refractivity (Wildman–Crippen MR) is 69.5 cm³/mol. The molecule has 0 radical (unpaired) electrons. The molecule has 2 N–H and O–H groups in total. The Hall–Kier alpha value is -2.21. The number of hydrogen-bond acceptors (Lipinski definition) is 3. The van der Waals surface area contributed by atoms with E-state index in [0.717, 1.165) is 23.2 Å². The minimum atomic E-state index is -0.293. The first-order chi connectivity index (χ1) is 9.74. The molecule has 0 aliphatic carbocycles. The SMILES string of the molecule is O=C(NCc1ccc(F)cc1)c1n[nH]c2c1COCC2. The Morgan fingerprint density at radius 2 is 2.20 bits per heavy atom. The average molecular weight is 275 g/mol. The summed E-state index contributed by atoms with van der Waals surface area (Å²) in [7, 11) is 0. The van der Waals surface area contributed by atoms with E-state index in [-0.39, 0.29) is 11.7 Å². The third-order valence-corrected chi connectivity index (χ3v) is 3.28. The van der Waals surface area contributed by atoms with Gasteiger partial charge < -0.3 is 10.1 Å². The van der Waals surface area contributed by atoms with Crippen LogP contribution in [0.5, 0.6) is 0 Å². The molecule has 1 aliphatic heterocycles. The summed E-state index contributed by atoms with van der Waals surface area (Å²) in [4.78, 5) is 12.1. The Bertz CT molecular complexity index is 622. The molecule has 1 aromatic carbocycles. The molecule has 3 rings (SSSR count). The molecule has 0 fully saturated rings. The van der Waals surface area contributed by atoms with Gasteiger partial charge in [0, 0.05) is 24.2 Å². The van der Waals surface area contributed by atoms with Gasteiger partial charge in [-0.05, 0) is 17.7 Å². The van der Waals surface area contributed by atoms with Crippen molar-refractivity contribution in [3.8, 4) is 0 Å². The topological polar surface area (TPSA) is 67.0 Å². The van der Waals surface area contributed by atoms with Crippen molar-refractivity contribution in [2.24, 2.45) is 0 Å². The maximum absolute atomic E-state index is 12.8. The number of benzene rings is 1. The molecule has 0 unspecified atom stereocenters. The van der Waals surface area contributed by atoms with Gasteiger partial charge in [0.05, 0.1) is 13.2 Å². The van der Waals surface area contributed by atoms with Crippen molar-refractivity contribution >= 4 is 5.91 Å². The maximum Gasteiger partial charge on any atom is 0.272 e. The van der Waals surface area contributed by atoms with E-state index < -0.39 is 0 Å². The third kappa shape index (κ3) is 2.55. The Kier molecular flexibility index (Phi) is 3.47. The molecule has 0 saturated carbocycles. The van der Waals surface area contributed by atoms with E-state index >= 15 is 0 Å². The fourth-order valence-corrected chi connectivity index (χ4v) is 2.17. The van der Waals surface area contributed by atoms with Gasteiger partial charge in [0.25, 0.3) is 5.91 Å². The van der Waals surface area contributed by atoms with Gasteiger partial charge in [-0.1, -0.05) is 12.1 Å². The van der Waals surface area contributed by atoms with Gasteiger partial charge in [0.2, 0.25) is 0 Å². The number of H-pyrrole nitrogens is 1. The minimum Gasteiger partial charge on any atom is -0.376 e. The lowest BCUT2D eigenvalue weighted by Gasteiger charge is -2.12. The summed E-state index contributed by atoms with van der Waals surface area (Å²) >= 11 is 0. The monoisotopic (exact) mass is 275 g/mol. The summed E-state index contributed by atoms with van der Waals surface area (Å²) in [6.07, 6.45) is 0.744. The highest BCUT2D eigenvalue weighted by molar-refractivity contribution is 5.93. The largest absolute Gasteiger partial charge is 0.376 e. The van der Waals surface area contributed by atoms with Crippen LogP contribution in [-0.4, -0.2) is 22.7 Å². The minimum absolute atomic E-state index is 0.252. The number of nitrogens with one attached hydrogen (secondary N) is 2. The number of carbonyl (C=O) groups excluding carboxylic acids is 1. The van der Waals surface area contributed by atoms with Crippen LogP contribution < -0.4 is 5.32 Å². The number of amides is 1. The Balaban J connectivity index is 1.67. The number of fused-ring (bicyclic) bond motifs is 1. The predicted octanol–water partition coefficient (Wildman–Crippen LogP) is 1.55. The maximum atomic E-state index is 12.8. The summed E-state index contributed by atoms with van der Waals surface area (Å²) < 4.78 is 18.1. The van der Waals surface area contributed by atoms with E-state index in [1.807, 2.05) is 0 Å². The molecular weight excluding hydrogens is 261 g/mol. The standard InChI is InChI=1S/C14H14FN3O2/c15-10-3-1-9(2-4-10)7-16-14(19)13-11-8-20-6-5-12(11)17-18-13/h1-4H,5-8H2,(H,16,19)(H,17,18). The fraction of sp³-hybridized carbons (Fsp3) is 0.286.